The van der Waals surface area contributed by atoms with E-state index < -0.39 is 10.0 Å². The fourth-order valence-corrected chi connectivity index (χ4v) is 4.97. The van der Waals surface area contributed by atoms with Gasteiger partial charge >= 0.3 is 0 Å². The van der Waals surface area contributed by atoms with Gasteiger partial charge < -0.3 is 10.1 Å². The molecule has 0 aliphatic carbocycles. The number of hydrogen-bond acceptors (Lipinski definition) is 8. The molecule has 12 heteroatoms. The van der Waals surface area contributed by atoms with E-state index in [9.17, 15) is 13.2 Å². The van der Waals surface area contributed by atoms with Gasteiger partial charge in [0.25, 0.3) is 10.0 Å². The Kier molecular flexibility index (Phi) is 6.14. The first-order valence-corrected chi connectivity index (χ1v) is 11.7. The second-order valence-electron chi connectivity index (χ2n) is 6.54. The first-order chi connectivity index (χ1) is 15.4. The van der Waals surface area contributed by atoms with Gasteiger partial charge in [-0.15, -0.1) is 21.5 Å². The molecule has 164 valence electrons. The summed E-state index contributed by atoms with van der Waals surface area (Å²) in [5, 5.41) is 14.8. The number of hydrogen-bond donors (Lipinski definition) is 2. The van der Waals surface area contributed by atoms with E-state index in [2.05, 4.69) is 25.3 Å². The van der Waals surface area contributed by atoms with Gasteiger partial charge in [-0.1, -0.05) is 0 Å². The lowest BCUT2D eigenvalue weighted by atomic mass is 10.3. The number of carbonyl (C=O) groups is 1. The highest BCUT2D eigenvalue weighted by Gasteiger charge is 2.17. The Morgan fingerprint density at radius 3 is 2.56 bits per heavy atom. The molecule has 0 radical (unpaired) electrons. The van der Waals surface area contributed by atoms with Crippen LogP contribution in [0, 0.1) is 0 Å². The lowest BCUT2D eigenvalue weighted by Crippen LogP contribution is -2.18. The molecule has 0 spiro atoms. The summed E-state index contributed by atoms with van der Waals surface area (Å²) in [4.78, 5) is 11.8. The Morgan fingerprint density at radius 2 is 1.91 bits per heavy atom. The van der Waals surface area contributed by atoms with Crippen molar-refractivity contribution in [2.75, 3.05) is 4.72 Å². The predicted octanol–water partition coefficient (Wildman–Crippen LogP) is 2.95. The maximum atomic E-state index is 12.6. The van der Waals surface area contributed by atoms with Crippen LogP contribution in [0.2, 0.25) is 0 Å². The van der Waals surface area contributed by atoms with Crippen LogP contribution in [0.5, 0.6) is 11.6 Å². The molecule has 1 aromatic carbocycles. The third-order valence-electron chi connectivity index (χ3n) is 4.11. The van der Waals surface area contributed by atoms with Crippen LogP contribution in [0.3, 0.4) is 0 Å². The van der Waals surface area contributed by atoms with Gasteiger partial charge in [0.1, 0.15) is 9.96 Å². The number of thiophene rings is 1. The smallest absolute Gasteiger partial charge is 0.271 e. The van der Waals surface area contributed by atoms with Gasteiger partial charge in [0.05, 0.1) is 6.54 Å². The van der Waals surface area contributed by atoms with Gasteiger partial charge in [-0.2, -0.15) is 5.10 Å². The van der Waals surface area contributed by atoms with Crippen molar-refractivity contribution in [3.8, 4) is 17.4 Å². The largest absolute Gasteiger partial charge is 0.438 e. The molecule has 0 bridgehead atoms. The van der Waals surface area contributed by atoms with Gasteiger partial charge in [0.15, 0.2) is 5.82 Å². The second kappa shape index (κ2) is 9.16. The van der Waals surface area contributed by atoms with Gasteiger partial charge in [-0.3, -0.25) is 9.52 Å². The minimum atomic E-state index is -3.74. The second-order valence-corrected chi connectivity index (χ2v) is 9.62. The van der Waals surface area contributed by atoms with Crippen LogP contribution in [-0.2, 0) is 21.4 Å². The standard InChI is InChI=1S/C20H18N6O4S2/c1-14(27)21-13-17-7-10-20(31-17)32(28,29)25-15-3-5-16(6-4-15)30-19-9-8-18(23-24-19)26-12-2-11-22-26/h2-12,25H,13H2,1H3,(H,21,27). The molecule has 3 aromatic heterocycles. The number of rotatable bonds is 8. The van der Waals surface area contributed by atoms with E-state index in [1.54, 1.807) is 65.6 Å². The average Bonchev–Trinajstić information content (AvgIpc) is 3.47. The molecule has 0 saturated carbocycles. The van der Waals surface area contributed by atoms with E-state index in [4.69, 9.17) is 4.74 Å². The van der Waals surface area contributed by atoms with Gasteiger partial charge in [-0.05, 0) is 48.5 Å². The van der Waals surface area contributed by atoms with E-state index in [1.165, 1.54) is 13.0 Å². The summed E-state index contributed by atoms with van der Waals surface area (Å²) in [7, 11) is -3.74. The number of anilines is 1. The number of sulfonamides is 1. The Balaban J connectivity index is 1.38. The maximum Gasteiger partial charge on any atom is 0.271 e. The van der Waals surface area contributed by atoms with Crippen molar-refractivity contribution >= 4 is 33.0 Å². The van der Waals surface area contributed by atoms with E-state index in [0.29, 0.717) is 23.1 Å². The highest BCUT2D eigenvalue weighted by molar-refractivity contribution is 7.94. The number of nitrogens with zero attached hydrogens (tertiary/aromatic N) is 4. The number of benzene rings is 1. The normalized spacial score (nSPS) is 11.2. The van der Waals surface area contributed by atoms with Gasteiger partial charge in [-0.25, -0.2) is 13.1 Å². The molecular weight excluding hydrogens is 452 g/mol. The molecule has 3 heterocycles. The molecule has 4 aromatic rings. The molecule has 10 nitrogen and oxygen atoms in total. The molecule has 2 N–H and O–H groups in total. The molecule has 0 fully saturated rings. The Labute approximate surface area is 187 Å². The average molecular weight is 471 g/mol. The summed E-state index contributed by atoms with van der Waals surface area (Å²) in [6.45, 7) is 1.69. The Hall–Kier alpha value is -3.77. The summed E-state index contributed by atoms with van der Waals surface area (Å²) in [5.74, 6) is 1.14. The Morgan fingerprint density at radius 1 is 1.09 bits per heavy atom. The van der Waals surface area contributed by atoms with Crippen molar-refractivity contribution in [3.05, 3.63) is 71.9 Å². The zero-order chi connectivity index (χ0) is 22.6. The zero-order valence-electron chi connectivity index (χ0n) is 16.8. The number of nitrogens with one attached hydrogen (secondary N) is 2. The monoisotopic (exact) mass is 470 g/mol. The molecule has 0 unspecified atom stereocenters. The van der Waals surface area contributed by atoms with Gasteiger partial charge in [0.2, 0.25) is 11.8 Å². The van der Waals surface area contributed by atoms with Crippen LogP contribution in [0.1, 0.15) is 11.8 Å². The maximum absolute atomic E-state index is 12.6. The van der Waals surface area contributed by atoms with E-state index in [-0.39, 0.29) is 16.7 Å². The van der Waals surface area contributed by atoms with Crippen LogP contribution >= 0.6 is 11.3 Å². The highest BCUT2D eigenvalue weighted by Crippen LogP contribution is 2.26. The Bertz CT molecular complexity index is 1300. The van der Waals surface area contributed by atoms with Crippen molar-refractivity contribution in [1.29, 1.82) is 0 Å². The van der Waals surface area contributed by atoms with E-state index in [1.807, 2.05) is 0 Å². The van der Waals surface area contributed by atoms with Crippen molar-refractivity contribution in [3.63, 3.8) is 0 Å². The third-order valence-corrected chi connectivity index (χ3v) is 7.07. The fourth-order valence-electron chi connectivity index (χ4n) is 2.62. The first kappa shape index (κ1) is 21.5. The summed E-state index contributed by atoms with van der Waals surface area (Å²) in [5.41, 5.74) is 0.384. The SMILES string of the molecule is CC(=O)NCc1ccc(S(=O)(=O)Nc2ccc(Oc3ccc(-n4cccn4)nn3)cc2)s1. The van der Waals surface area contributed by atoms with Crippen molar-refractivity contribution in [2.45, 2.75) is 17.7 Å². The van der Waals surface area contributed by atoms with Crippen LogP contribution < -0.4 is 14.8 Å². The summed E-state index contributed by atoms with van der Waals surface area (Å²) >= 11 is 1.09. The lowest BCUT2D eigenvalue weighted by Gasteiger charge is -2.08. The summed E-state index contributed by atoms with van der Waals surface area (Å²) < 4.78 is 35.1. The number of aromatic nitrogens is 4. The fraction of sp³-hybridized carbons (Fsp3) is 0.100. The number of amides is 1. The van der Waals surface area contributed by atoms with Crippen LogP contribution in [0.15, 0.2) is 71.2 Å². The molecule has 0 atom stereocenters. The number of carbonyl (C=O) groups excluding carboxylic acids is 1. The molecule has 32 heavy (non-hydrogen) atoms. The van der Waals surface area contributed by atoms with Crippen LogP contribution in [-0.4, -0.2) is 34.3 Å². The predicted molar refractivity (Wildman–Crippen MR) is 118 cm³/mol. The first-order valence-electron chi connectivity index (χ1n) is 9.37. The quantitative estimate of drug-likeness (QED) is 0.405. The minimum absolute atomic E-state index is 0.158. The minimum Gasteiger partial charge on any atom is -0.438 e. The molecule has 1 amide bonds. The van der Waals surface area contributed by atoms with Gasteiger partial charge in [0, 0.05) is 35.9 Å². The van der Waals surface area contributed by atoms with Crippen LogP contribution in [0.4, 0.5) is 5.69 Å². The summed E-state index contributed by atoms with van der Waals surface area (Å²) in [6, 6.07) is 14.8. The van der Waals surface area contributed by atoms with E-state index >= 15 is 0 Å². The summed E-state index contributed by atoms with van der Waals surface area (Å²) in [6.07, 6.45) is 3.40. The van der Waals surface area contributed by atoms with Crippen molar-refractivity contribution in [2.24, 2.45) is 0 Å². The van der Waals surface area contributed by atoms with Crippen LogP contribution in [0.25, 0.3) is 5.82 Å². The molecule has 0 aliphatic rings. The van der Waals surface area contributed by atoms with E-state index in [0.717, 1.165) is 16.2 Å². The molecule has 4 rings (SSSR count). The highest BCUT2D eigenvalue weighted by atomic mass is 32.2. The topological polar surface area (TPSA) is 128 Å². The van der Waals surface area contributed by atoms with Crippen molar-refractivity contribution < 1.29 is 17.9 Å². The zero-order valence-corrected chi connectivity index (χ0v) is 18.4. The molecule has 0 aliphatic heterocycles. The van der Waals surface area contributed by atoms with Crippen molar-refractivity contribution in [1.82, 2.24) is 25.3 Å². The molecular formula is C20H18N6O4S2. The number of ether oxygens (including phenoxy) is 1. The third kappa shape index (κ3) is 5.28. The lowest BCUT2D eigenvalue weighted by molar-refractivity contribution is -0.119. The molecule has 0 saturated heterocycles.